The predicted octanol–water partition coefficient (Wildman–Crippen LogP) is 3.66. The molecule has 3 heterocycles. The van der Waals surface area contributed by atoms with Gasteiger partial charge in [-0.25, -0.2) is 18.4 Å². The van der Waals surface area contributed by atoms with Gasteiger partial charge in [0.2, 0.25) is 15.9 Å². The molecule has 204 valence electrons. The minimum absolute atomic E-state index is 0.112. The molecule has 0 bridgehead atoms. The minimum atomic E-state index is -3.99. The van der Waals surface area contributed by atoms with Crippen LogP contribution in [-0.2, 0) is 27.9 Å². The van der Waals surface area contributed by atoms with Crippen LogP contribution in [0.5, 0.6) is 0 Å². The van der Waals surface area contributed by atoms with E-state index in [4.69, 9.17) is 0 Å². The van der Waals surface area contributed by atoms with Gasteiger partial charge in [-0.05, 0) is 54.7 Å². The number of aryl methyl sites for hydroxylation is 1. The molecule has 10 heteroatoms. The van der Waals surface area contributed by atoms with Crippen LogP contribution >= 0.6 is 0 Å². The number of carbonyl (C=O) groups excluding carboxylic acids is 2. The molecule has 1 aromatic heterocycles. The van der Waals surface area contributed by atoms with E-state index in [1.165, 1.54) is 11.4 Å². The maximum Gasteiger partial charge on any atom is 0.273 e. The summed E-state index contributed by atoms with van der Waals surface area (Å²) in [5, 5.41) is 3.14. The summed E-state index contributed by atoms with van der Waals surface area (Å²) >= 11 is 0. The molecule has 2 aliphatic heterocycles. The van der Waals surface area contributed by atoms with Gasteiger partial charge >= 0.3 is 0 Å². The van der Waals surface area contributed by atoms with Gasteiger partial charge in [0.1, 0.15) is 17.6 Å². The molecule has 1 atom stereocenters. The number of hydrogen-bond donors (Lipinski definition) is 1. The lowest BCUT2D eigenvalue weighted by Crippen LogP contribution is -2.44. The second-order valence-corrected chi connectivity index (χ2v) is 12.0. The average molecular weight is 556 g/mol. The van der Waals surface area contributed by atoms with E-state index in [1.807, 2.05) is 30.3 Å². The van der Waals surface area contributed by atoms with Gasteiger partial charge in [-0.1, -0.05) is 48.5 Å². The van der Waals surface area contributed by atoms with Crippen molar-refractivity contribution in [3.8, 4) is 11.1 Å². The van der Waals surface area contributed by atoms with Gasteiger partial charge in [0.05, 0.1) is 10.4 Å². The van der Waals surface area contributed by atoms with Crippen LogP contribution in [0.3, 0.4) is 0 Å². The van der Waals surface area contributed by atoms with Crippen LogP contribution in [0.15, 0.2) is 71.6 Å². The van der Waals surface area contributed by atoms with Crippen LogP contribution in [0, 0.1) is 6.92 Å². The summed E-state index contributed by atoms with van der Waals surface area (Å²) in [6.07, 6.45) is 1.08. The molecular formula is C30H29N5O4S. The zero-order valence-corrected chi connectivity index (χ0v) is 23.1. The number of fused-ring (bicyclic) bond motifs is 2. The second-order valence-electron chi connectivity index (χ2n) is 10.2. The quantitative estimate of drug-likeness (QED) is 0.402. The third-order valence-electron chi connectivity index (χ3n) is 7.68. The number of carbonyl (C=O) groups is 2. The third kappa shape index (κ3) is 4.43. The van der Waals surface area contributed by atoms with Crippen molar-refractivity contribution < 1.29 is 18.0 Å². The van der Waals surface area contributed by atoms with E-state index in [0.29, 0.717) is 53.8 Å². The number of nitrogens with zero attached hydrogens (tertiary/aromatic N) is 4. The highest BCUT2D eigenvalue weighted by molar-refractivity contribution is 7.89. The molecule has 6 rings (SSSR count). The Hall–Kier alpha value is -4.15. The van der Waals surface area contributed by atoms with Gasteiger partial charge in [-0.3, -0.25) is 9.59 Å². The number of rotatable bonds is 5. The van der Waals surface area contributed by atoms with E-state index in [-0.39, 0.29) is 28.9 Å². The first-order valence-electron chi connectivity index (χ1n) is 13.2. The van der Waals surface area contributed by atoms with Gasteiger partial charge < -0.3 is 10.2 Å². The molecule has 0 radical (unpaired) electrons. The van der Waals surface area contributed by atoms with Gasteiger partial charge in [0, 0.05) is 37.6 Å². The molecule has 0 saturated carbocycles. The number of hydrogen-bond acceptors (Lipinski definition) is 6. The highest BCUT2D eigenvalue weighted by atomic mass is 32.2. The Morgan fingerprint density at radius 1 is 0.950 bits per heavy atom. The van der Waals surface area contributed by atoms with E-state index >= 15 is 0 Å². The molecule has 1 fully saturated rings. The number of amides is 2. The van der Waals surface area contributed by atoms with E-state index in [2.05, 4.69) is 15.3 Å². The first kappa shape index (κ1) is 26.1. The topological polar surface area (TPSA) is 113 Å². The normalized spacial score (nSPS) is 17.2. The summed E-state index contributed by atoms with van der Waals surface area (Å²) < 4.78 is 29.1. The summed E-state index contributed by atoms with van der Waals surface area (Å²) in [4.78, 5) is 37.2. The van der Waals surface area contributed by atoms with Crippen LogP contribution in [-0.4, -0.2) is 59.0 Å². The molecule has 2 amide bonds. The van der Waals surface area contributed by atoms with Crippen molar-refractivity contribution in [1.82, 2.24) is 24.5 Å². The Kier molecular flexibility index (Phi) is 6.59. The molecule has 1 saturated heterocycles. The molecule has 3 aromatic carbocycles. The fraction of sp³-hybridized carbons (Fsp3) is 0.267. The third-order valence-corrected chi connectivity index (χ3v) is 9.64. The van der Waals surface area contributed by atoms with Crippen molar-refractivity contribution in [1.29, 1.82) is 0 Å². The molecule has 0 spiro atoms. The van der Waals surface area contributed by atoms with Gasteiger partial charge in [-0.15, -0.1) is 0 Å². The molecule has 9 nitrogen and oxygen atoms in total. The molecule has 1 N–H and O–H groups in total. The summed E-state index contributed by atoms with van der Waals surface area (Å²) in [6, 6.07) is 19.4. The van der Waals surface area contributed by atoms with Crippen molar-refractivity contribution in [2.24, 2.45) is 0 Å². The summed E-state index contributed by atoms with van der Waals surface area (Å²) in [6.45, 7) is 3.03. The van der Waals surface area contributed by atoms with Crippen molar-refractivity contribution in [3.05, 3.63) is 89.4 Å². The lowest BCUT2D eigenvalue weighted by molar-refractivity contribution is -0.123. The first-order chi connectivity index (χ1) is 19.3. The average Bonchev–Trinajstić information content (AvgIpc) is 3.64. The predicted molar refractivity (Wildman–Crippen MR) is 151 cm³/mol. The highest BCUT2D eigenvalue weighted by Crippen LogP contribution is 2.35. The number of sulfonamides is 1. The Labute approximate surface area is 232 Å². The van der Waals surface area contributed by atoms with Gasteiger partial charge in [0.25, 0.3) is 5.91 Å². The second kappa shape index (κ2) is 10.1. The van der Waals surface area contributed by atoms with Crippen molar-refractivity contribution in [2.75, 3.05) is 13.6 Å². The first-order valence-corrected chi connectivity index (χ1v) is 14.7. The Morgan fingerprint density at radius 2 is 1.65 bits per heavy atom. The summed E-state index contributed by atoms with van der Waals surface area (Å²) in [7, 11) is -2.47. The highest BCUT2D eigenvalue weighted by Gasteiger charge is 2.40. The van der Waals surface area contributed by atoms with Crippen LogP contribution in [0.2, 0.25) is 0 Å². The maximum absolute atomic E-state index is 13.9. The van der Waals surface area contributed by atoms with Crippen molar-refractivity contribution >= 4 is 32.7 Å². The van der Waals surface area contributed by atoms with E-state index in [0.717, 1.165) is 11.1 Å². The monoisotopic (exact) mass is 555 g/mol. The maximum atomic E-state index is 13.9. The molecule has 40 heavy (non-hydrogen) atoms. The Balaban J connectivity index is 1.42. The molecule has 4 aromatic rings. The number of benzene rings is 3. The molecule has 0 aliphatic carbocycles. The number of nitrogens with one attached hydrogen (secondary N) is 1. The SMILES string of the molecule is CNC(=O)C1CCCN1S(=O)(=O)c1ccccc1-c1ccc2nc(C)nc(C(=O)N3Cc4ccccc4C3)c2c1. The smallest absolute Gasteiger partial charge is 0.273 e. The van der Waals surface area contributed by atoms with Crippen LogP contribution < -0.4 is 5.32 Å². The van der Waals surface area contributed by atoms with Gasteiger partial charge in [0.15, 0.2) is 0 Å². The minimum Gasteiger partial charge on any atom is -0.358 e. The summed E-state index contributed by atoms with van der Waals surface area (Å²) in [5.74, 6) is -0.0307. The lowest BCUT2D eigenvalue weighted by Gasteiger charge is -2.24. The molecule has 2 aliphatic rings. The standard InChI is InChI=1S/C30H29N5O4S/c1-19-32-25-14-13-20(16-24(25)28(33-19)30(37)34-17-21-8-3-4-9-22(21)18-34)23-10-5-6-12-27(23)40(38,39)35-15-7-11-26(35)29(36)31-2/h3-6,8-10,12-14,16,26H,7,11,15,17-18H2,1-2H3,(H,31,36). The van der Waals surface area contributed by atoms with E-state index < -0.39 is 16.1 Å². The van der Waals surface area contributed by atoms with Crippen LogP contribution in [0.25, 0.3) is 22.0 Å². The van der Waals surface area contributed by atoms with Crippen LogP contribution in [0.4, 0.5) is 0 Å². The van der Waals surface area contributed by atoms with E-state index in [9.17, 15) is 18.0 Å². The zero-order valence-electron chi connectivity index (χ0n) is 22.3. The molecule has 1 unspecified atom stereocenters. The number of aromatic nitrogens is 2. The molecular weight excluding hydrogens is 526 g/mol. The largest absolute Gasteiger partial charge is 0.358 e. The lowest BCUT2D eigenvalue weighted by atomic mass is 10.0. The fourth-order valence-electron chi connectivity index (χ4n) is 5.71. The fourth-order valence-corrected chi connectivity index (χ4v) is 7.59. The van der Waals surface area contributed by atoms with Crippen molar-refractivity contribution in [2.45, 2.75) is 43.8 Å². The number of likely N-dealkylation sites (N-methyl/N-ethyl adjacent to an activating group) is 1. The van der Waals surface area contributed by atoms with Crippen molar-refractivity contribution in [3.63, 3.8) is 0 Å². The van der Waals surface area contributed by atoms with E-state index in [1.54, 1.807) is 48.2 Å². The Morgan fingerprint density at radius 3 is 2.38 bits per heavy atom. The van der Waals surface area contributed by atoms with Crippen LogP contribution in [0.1, 0.15) is 40.3 Å². The zero-order chi connectivity index (χ0) is 28.0. The Bertz CT molecular complexity index is 1750. The summed E-state index contributed by atoms with van der Waals surface area (Å²) in [5.41, 5.74) is 4.23. The van der Waals surface area contributed by atoms with Gasteiger partial charge in [-0.2, -0.15) is 4.31 Å².